The van der Waals surface area contributed by atoms with Crippen molar-refractivity contribution < 1.29 is 0 Å². The van der Waals surface area contributed by atoms with Crippen LogP contribution in [0.15, 0.2) is 115 Å². The molecule has 0 atom stereocenters. The predicted octanol–water partition coefficient (Wildman–Crippen LogP) is 7.38. The fraction of sp³-hybridized carbons (Fsp3) is 0. The lowest BCUT2D eigenvalue weighted by molar-refractivity contribution is 1.18. The Morgan fingerprint density at radius 2 is 1.12 bits per heavy atom. The average molecular weight is 422 g/mol. The molecule has 0 aliphatic rings. The molecule has 33 heavy (non-hydrogen) atoms. The summed E-state index contributed by atoms with van der Waals surface area (Å²) in [7, 11) is 0. The summed E-state index contributed by atoms with van der Waals surface area (Å²) in [4.78, 5) is 4.57. The average Bonchev–Trinajstić information content (AvgIpc) is 3.23. The van der Waals surface area contributed by atoms with Crippen molar-refractivity contribution in [2.75, 3.05) is 0 Å². The number of hydrogen-bond acceptors (Lipinski definition) is 2. The number of benzene rings is 4. The van der Waals surface area contributed by atoms with Crippen LogP contribution in [-0.2, 0) is 0 Å². The summed E-state index contributed by atoms with van der Waals surface area (Å²) in [5.41, 5.74) is 7.86. The number of para-hydroxylation sites is 3. The molecular formula is C30H19N3. The molecule has 4 aromatic carbocycles. The van der Waals surface area contributed by atoms with E-state index >= 15 is 0 Å². The molecule has 0 saturated heterocycles. The Morgan fingerprint density at radius 1 is 0.545 bits per heavy atom. The molecule has 0 aliphatic heterocycles. The van der Waals surface area contributed by atoms with E-state index < -0.39 is 0 Å². The van der Waals surface area contributed by atoms with E-state index in [2.05, 4.69) is 107 Å². The molecule has 0 N–H and O–H groups in total. The fourth-order valence-corrected chi connectivity index (χ4v) is 4.67. The quantitative estimate of drug-likeness (QED) is 0.299. The van der Waals surface area contributed by atoms with Crippen LogP contribution >= 0.6 is 0 Å². The van der Waals surface area contributed by atoms with Crippen LogP contribution in [0.2, 0.25) is 0 Å². The van der Waals surface area contributed by atoms with Gasteiger partial charge in [-0.3, -0.25) is 0 Å². The number of rotatable bonds is 3. The standard InChI is InChI=1S/C30H19N3/c31-20-21-10-9-16-27(32-21)23-12-2-1-11-22(23)24-13-3-6-17-28(24)33-29-18-7-4-14-25(29)26-15-5-8-19-30(26)33/h1-19H. The molecule has 6 rings (SSSR count). The highest BCUT2D eigenvalue weighted by Gasteiger charge is 2.17. The first-order valence-corrected chi connectivity index (χ1v) is 10.9. The Hall–Kier alpha value is -4.68. The molecule has 0 bridgehead atoms. The van der Waals surface area contributed by atoms with E-state index in [4.69, 9.17) is 0 Å². The minimum Gasteiger partial charge on any atom is -0.309 e. The Balaban J connectivity index is 1.66. The van der Waals surface area contributed by atoms with Crippen LogP contribution in [0, 0.1) is 11.3 Å². The van der Waals surface area contributed by atoms with Gasteiger partial charge >= 0.3 is 0 Å². The van der Waals surface area contributed by atoms with Gasteiger partial charge in [-0.2, -0.15) is 5.26 Å². The Labute approximate surface area is 191 Å². The van der Waals surface area contributed by atoms with E-state index in [0.29, 0.717) is 5.69 Å². The zero-order valence-electron chi connectivity index (χ0n) is 17.8. The van der Waals surface area contributed by atoms with Gasteiger partial charge in [0.05, 0.1) is 22.4 Å². The van der Waals surface area contributed by atoms with Crippen molar-refractivity contribution in [2.45, 2.75) is 0 Å². The molecule has 2 heterocycles. The van der Waals surface area contributed by atoms with E-state index in [1.54, 1.807) is 6.07 Å². The summed E-state index contributed by atoms with van der Waals surface area (Å²) in [6.07, 6.45) is 0. The second-order valence-electron chi connectivity index (χ2n) is 7.95. The minimum absolute atomic E-state index is 0.415. The molecule has 0 aliphatic carbocycles. The van der Waals surface area contributed by atoms with Gasteiger partial charge in [0.25, 0.3) is 0 Å². The van der Waals surface area contributed by atoms with Crippen molar-refractivity contribution in [3.63, 3.8) is 0 Å². The third-order valence-corrected chi connectivity index (χ3v) is 6.08. The normalized spacial score (nSPS) is 11.0. The molecule has 3 heteroatoms. The van der Waals surface area contributed by atoms with Gasteiger partial charge in [-0.1, -0.05) is 84.9 Å². The first-order valence-electron chi connectivity index (χ1n) is 10.9. The zero-order chi connectivity index (χ0) is 22.2. The Kier molecular flexibility index (Phi) is 4.49. The molecule has 2 aromatic heterocycles. The first kappa shape index (κ1) is 19.0. The number of nitriles is 1. The van der Waals surface area contributed by atoms with Gasteiger partial charge in [-0.25, -0.2) is 4.98 Å². The van der Waals surface area contributed by atoms with Crippen molar-refractivity contribution in [3.05, 3.63) is 121 Å². The molecule has 154 valence electrons. The third kappa shape index (κ3) is 3.09. The van der Waals surface area contributed by atoms with Crippen LogP contribution in [0.25, 0.3) is 49.9 Å². The fourth-order valence-electron chi connectivity index (χ4n) is 4.67. The summed E-state index contributed by atoms with van der Waals surface area (Å²) >= 11 is 0. The van der Waals surface area contributed by atoms with Crippen LogP contribution in [0.3, 0.4) is 0 Å². The summed E-state index contributed by atoms with van der Waals surface area (Å²) < 4.78 is 2.34. The predicted molar refractivity (Wildman–Crippen MR) is 134 cm³/mol. The van der Waals surface area contributed by atoms with Crippen molar-refractivity contribution >= 4 is 21.8 Å². The number of nitrogens with zero attached hydrogens (tertiary/aromatic N) is 3. The van der Waals surface area contributed by atoms with Gasteiger partial charge in [0.2, 0.25) is 0 Å². The lowest BCUT2D eigenvalue weighted by Crippen LogP contribution is -1.98. The molecule has 0 amide bonds. The van der Waals surface area contributed by atoms with Gasteiger partial charge in [-0.05, 0) is 35.9 Å². The lowest BCUT2D eigenvalue weighted by atomic mass is 9.95. The number of pyridine rings is 1. The maximum absolute atomic E-state index is 9.35. The van der Waals surface area contributed by atoms with Crippen molar-refractivity contribution in [1.82, 2.24) is 9.55 Å². The number of hydrogen-bond donors (Lipinski definition) is 0. The summed E-state index contributed by atoms with van der Waals surface area (Å²) in [5.74, 6) is 0. The second-order valence-corrected chi connectivity index (χ2v) is 7.95. The van der Waals surface area contributed by atoms with E-state index in [0.717, 1.165) is 28.1 Å². The molecule has 6 aromatic rings. The zero-order valence-corrected chi connectivity index (χ0v) is 17.8. The van der Waals surface area contributed by atoms with E-state index in [-0.39, 0.29) is 0 Å². The highest BCUT2D eigenvalue weighted by molar-refractivity contribution is 6.09. The van der Waals surface area contributed by atoms with Crippen LogP contribution in [0.1, 0.15) is 5.69 Å². The number of aromatic nitrogens is 2. The van der Waals surface area contributed by atoms with E-state index in [9.17, 15) is 5.26 Å². The van der Waals surface area contributed by atoms with Crippen LogP contribution in [-0.4, -0.2) is 9.55 Å². The minimum atomic E-state index is 0.415. The SMILES string of the molecule is N#Cc1cccc(-c2ccccc2-c2ccccc2-n2c3ccccc3c3ccccc32)n1. The van der Waals surface area contributed by atoms with Gasteiger partial charge in [0.1, 0.15) is 11.8 Å². The largest absolute Gasteiger partial charge is 0.309 e. The van der Waals surface area contributed by atoms with E-state index in [1.165, 1.54) is 21.8 Å². The smallest absolute Gasteiger partial charge is 0.141 e. The van der Waals surface area contributed by atoms with Gasteiger partial charge in [0.15, 0.2) is 0 Å². The number of fused-ring (bicyclic) bond motifs is 3. The molecule has 0 spiro atoms. The second kappa shape index (κ2) is 7.78. The molecule has 0 fully saturated rings. The highest BCUT2D eigenvalue weighted by Crippen LogP contribution is 2.38. The first-order chi connectivity index (χ1) is 16.3. The molecular weight excluding hydrogens is 402 g/mol. The topological polar surface area (TPSA) is 41.6 Å². The third-order valence-electron chi connectivity index (χ3n) is 6.08. The monoisotopic (exact) mass is 421 g/mol. The maximum atomic E-state index is 9.35. The van der Waals surface area contributed by atoms with Crippen LogP contribution in [0.4, 0.5) is 0 Å². The van der Waals surface area contributed by atoms with Crippen LogP contribution < -0.4 is 0 Å². The van der Waals surface area contributed by atoms with Crippen molar-refractivity contribution in [1.29, 1.82) is 5.26 Å². The Morgan fingerprint density at radius 3 is 1.82 bits per heavy atom. The molecule has 0 saturated carbocycles. The lowest BCUT2D eigenvalue weighted by Gasteiger charge is -2.16. The summed E-state index contributed by atoms with van der Waals surface area (Å²) in [6, 6.07) is 41.6. The van der Waals surface area contributed by atoms with Gasteiger partial charge in [-0.15, -0.1) is 0 Å². The Bertz CT molecular complexity index is 1630. The van der Waals surface area contributed by atoms with Crippen molar-refractivity contribution in [2.24, 2.45) is 0 Å². The van der Waals surface area contributed by atoms with E-state index in [1.807, 2.05) is 18.2 Å². The molecule has 0 unspecified atom stereocenters. The molecule has 0 radical (unpaired) electrons. The summed E-state index contributed by atoms with van der Waals surface area (Å²) in [5, 5.41) is 11.8. The molecule has 3 nitrogen and oxygen atoms in total. The maximum Gasteiger partial charge on any atom is 0.141 e. The van der Waals surface area contributed by atoms with Crippen LogP contribution in [0.5, 0.6) is 0 Å². The van der Waals surface area contributed by atoms with Gasteiger partial charge in [0, 0.05) is 21.9 Å². The highest BCUT2D eigenvalue weighted by atomic mass is 15.0. The summed E-state index contributed by atoms with van der Waals surface area (Å²) in [6.45, 7) is 0. The van der Waals surface area contributed by atoms with Gasteiger partial charge < -0.3 is 4.57 Å². The van der Waals surface area contributed by atoms with Crippen molar-refractivity contribution in [3.8, 4) is 34.1 Å².